The van der Waals surface area contributed by atoms with Gasteiger partial charge in [0.15, 0.2) is 0 Å². The minimum Gasteiger partial charge on any atom is -0.329 e. The first kappa shape index (κ1) is 13.8. The number of anilines is 1. The van der Waals surface area contributed by atoms with Gasteiger partial charge in [0.25, 0.3) is 0 Å². The number of hydrogen-bond acceptors (Lipinski definition) is 1. The quantitative estimate of drug-likeness (QED) is 0.808. The number of halogens is 5. The molecule has 0 aliphatic carbocycles. The summed E-state index contributed by atoms with van der Waals surface area (Å²) in [6, 6.07) is 2.37. The van der Waals surface area contributed by atoms with Crippen LogP contribution in [0, 0.1) is 5.82 Å². The predicted molar refractivity (Wildman–Crippen MR) is 57.2 cm³/mol. The first-order valence-electron chi connectivity index (χ1n) is 4.34. The fourth-order valence-electron chi connectivity index (χ4n) is 0.938. The molecule has 0 saturated heterocycles. The summed E-state index contributed by atoms with van der Waals surface area (Å²) < 4.78 is 48.3. The molecule has 0 aromatic heterocycles. The highest BCUT2D eigenvalue weighted by molar-refractivity contribution is 9.10. The van der Waals surface area contributed by atoms with Crippen molar-refractivity contribution in [3.8, 4) is 0 Å². The van der Waals surface area contributed by atoms with Gasteiger partial charge in [-0.15, -0.1) is 0 Å². The summed E-state index contributed by atoms with van der Waals surface area (Å²) in [6.07, 6.45) is -4.47. The summed E-state index contributed by atoms with van der Waals surface area (Å²) in [5.74, 6) is -0.530. The van der Waals surface area contributed by atoms with E-state index >= 15 is 0 Å². The molecule has 3 nitrogen and oxygen atoms in total. The second-order valence-electron chi connectivity index (χ2n) is 3.05. The number of amides is 2. The maximum atomic E-state index is 12.7. The average molecular weight is 315 g/mol. The lowest BCUT2D eigenvalue weighted by Crippen LogP contribution is -2.36. The number of benzene rings is 1. The van der Waals surface area contributed by atoms with E-state index < -0.39 is 24.6 Å². The number of carbonyl (C=O) groups is 1. The maximum Gasteiger partial charge on any atom is 0.405 e. The van der Waals surface area contributed by atoms with Crippen LogP contribution in [0.3, 0.4) is 0 Å². The molecular weight excluding hydrogens is 308 g/mol. The largest absolute Gasteiger partial charge is 0.405 e. The van der Waals surface area contributed by atoms with Crippen LogP contribution in [0.1, 0.15) is 0 Å². The van der Waals surface area contributed by atoms with E-state index in [4.69, 9.17) is 0 Å². The molecule has 8 heteroatoms. The Morgan fingerprint density at radius 3 is 2.53 bits per heavy atom. The van der Waals surface area contributed by atoms with E-state index in [9.17, 15) is 22.4 Å². The van der Waals surface area contributed by atoms with Crippen molar-refractivity contribution in [2.75, 3.05) is 11.9 Å². The van der Waals surface area contributed by atoms with E-state index in [1.807, 2.05) is 0 Å². The molecule has 0 saturated carbocycles. The smallest absolute Gasteiger partial charge is 0.329 e. The van der Waals surface area contributed by atoms with Crippen LogP contribution in [0.2, 0.25) is 0 Å². The fraction of sp³-hybridized carbons (Fsp3) is 0.222. The Bertz CT molecular complexity index is 422. The highest BCUT2D eigenvalue weighted by atomic mass is 79.9. The molecule has 0 bridgehead atoms. The second-order valence-corrected chi connectivity index (χ2v) is 3.90. The third-order valence-corrected chi connectivity index (χ3v) is 2.28. The molecule has 0 atom stereocenters. The van der Waals surface area contributed by atoms with E-state index in [1.54, 1.807) is 5.32 Å². The SMILES string of the molecule is O=C(NCC(F)(F)F)Nc1ccc(F)cc1Br. The van der Waals surface area contributed by atoms with Gasteiger partial charge in [-0.3, -0.25) is 0 Å². The van der Waals surface area contributed by atoms with Crippen LogP contribution in [0.5, 0.6) is 0 Å². The number of hydrogen-bond donors (Lipinski definition) is 2. The normalized spacial score (nSPS) is 11.1. The molecule has 0 fully saturated rings. The monoisotopic (exact) mass is 314 g/mol. The van der Waals surface area contributed by atoms with Crippen molar-refractivity contribution in [3.63, 3.8) is 0 Å². The lowest BCUT2D eigenvalue weighted by atomic mass is 10.3. The molecule has 2 N–H and O–H groups in total. The molecule has 0 aliphatic heterocycles. The van der Waals surface area contributed by atoms with Crippen LogP contribution < -0.4 is 10.6 Å². The Hall–Kier alpha value is -1.31. The Kier molecular flexibility index (Phi) is 4.33. The third kappa shape index (κ3) is 5.03. The van der Waals surface area contributed by atoms with Crippen LogP contribution in [-0.4, -0.2) is 18.8 Å². The fourth-order valence-corrected chi connectivity index (χ4v) is 1.39. The minimum atomic E-state index is -4.47. The zero-order chi connectivity index (χ0) is 13.1. The Morgan fingerprint density at radius 2 is 2.00 bits per heavy atom. The van der Waals surface area contributed by atoms with Crippen molar-refractivity contribution >= 4 is 27.6 Å². The summed E-state index contributed by atoms with van der Waals surface area (Å²) >= 11 is 2.96. The molecule has 0 radical (unpaired) electrons. The molecule has 94 valence electrons. The van der Waals surface area contributed by atoms with Crippen LogP contribution in [0.25, 0.3) is 0 Å². The van der Waals surface area contributed by atoms with E-state index in [-0.39, 0.29) is 10.2 Å². The Morgan fingerprint density at radius 1 is 1.35 bits per heavy atom. The lowest BCUT2D eigenvalue weighted by molar-refractivity contribution is -0.122. The van der Waals surface area contributed by atoms with Crippen LogP contribution in [-0.2, 0) is 0 Å². The molecule has 0 heterocycles. The van der Waals surface area contributed by atoms with Gasteiger partial charge in [0.05, 0.1) is 5.69 Å². The molecule has 2 amide bonds. The standard InChI is InChI=1S/C9H7BrF4N2O/c10-6-3-5(11)1-2-7(6)16-8(17)15-4-9(12,13)14/h1-3H,4H2,(H2,15,16,17). The van der Waals surface area contributed by atoms with Crippen molar-refractivity contribution in [2.45, 2.75) is 6.18 Å². The molecule has 1 aromatic carbocycles. The molecule has 0 spiro atoms. The van der Waals surface area contributed by atoms with Crippen molar-refractivity contribution in [1.29, 1.82) is 0 Å². The van der Waals surface area contributed by atoms with Gasteiger partial charge in [0, 0.05) is 4.47 Å². The summed E-state index contributed by atoms with van der Waals surface area (Å²) in [7, 11) is 0. The zero-order valence-corrected chi connectivity index (χ0v) is 9.82. The maximum absolute atomic E-state index is 12.7. The van der Waals surface area contributed by atoms with Gasteiger partial charge in [0.2, 0.25) is 0 Å². The summed E-state index contributed by atoms with van der Waals surface area (Å²) in [4.78, 5) is 11.1. The van der Waals surface area contributed by atoms with E-state index in [0.717, 1.165) is 12.1 Å². The number of urea groups is 1. The van der Waals surface area contributed by atoms with Crippen molar-refractivity contribution in [3.05, 3.63) is 28.5 Å². The molecule has 0 unspecified atom stereocenters. The summed E-state index contributed by atoms with van der Waals surface area (Å²) in [6.45, 7) is -1.43. The van der Waals surface area contributed by atoms with Gasteiger partial charge in [0.1, 0.15) is 12.4 Å². The molecule has 0 aliphatic rings. The van der Waals surface area contributed by atoms with Gasteiger partial charge in [-0.25, -0.2) is 9.18 Å². The van der Waals surface area contributed by atoms with Crippen molar-refractivity contribution in [1.82, 2.24) is 5.32 Å². The predicted octanol–water partition coefficient (Wildman–Crippen LogP) is 3.27. The van der Waals surface area contributed by atoms with Crippen LogP contribution in [0.15, 0.2) is 22.7 Å². The van der Waals surface area contributed by atoms with Gasteiger partial charge in [-0.1, -0.05) is 0 Å². The van der Waals surface area contributed by atoms with E-state index in [2.05, 4.69) is 21.2 Å². The highest BCUT2D eigenvalue weighted by Gasteiger charge is 2.27. The molecule has 1 aromatic rings. The summed E-state index contributed by atoms with van der Waals surface area (Å²) in [5, 5.41) is 3.77. The van der Waals surface area contributed by atoms with Gasteiger partial charge in [-0.2, -0.15) is 13.2 Å². The Labute approximate surface area is 102 Å². The van der Waals surface area contributed by atoms with Crippen LogP contribution in [0.4, 0.5) is 28.0 Å². The van der Waals surface area contributed by atoms with Gasteiger partial charge < -0.3 is 10.6 Å². The molecule has 17 heavy (non-hydrogen) atoms. The highest BCUT2D eigenvalue weighted by Crippen LogP contribution is 2.22. The van der Waals surface area contributed by atoms with Gasteiger partial charge >= 0.3 is 12.2 Å². The zero-order valence-electron chi connectivity index (χ0n) is 8.24. The van der Waals surface area contributed by atoms with Crippen molar-refractivity contribution in [2.24, 2.45) is 0 Å². The average Bonchev–Trinajstić information content (AvgIpc) is 2.18. The number of alkyl halides is 3. The number of nitrogens with one attached hydrogen (secondary N) is 2. The Balaban J connectivity index is 2.57. The third-order valence-electron chi connectivity index (χ3n) is 1.63. The van der Waals surface area contributed by atoms with Crippen LogP contribution >= 0.6 is 15.9 Å². The first-order valence-corrected chi connectivity index (χ1v) is 5.14. The number of carbonyl (C=O) groups excluding carboxylic acids is 1. The summed E-state index contributed by atoms with van der Waals surface area (Å²) in [5.41, 5.74) is 0.172. The van der Waals surface area contributed by atoms with E-state index in [0.29, 0.717) is 0 Å². The molecule has 1 rings (SSSR count). The minimum absolute atomic E-state index is 0.172. The topological polar surface area (TPSA) is 41.1 Å². The van der Waals surface area contributed by atoms with Gasteiger partial charge in [-0.05, 0) is 34.1 Å². The molecular formula is C9H7BrF4N2O. The first-order chi connectivity index (χ1) is 7.78. The number of rotatable bonds is 2. The lowest BCUT2D eigenvalue weighted by Gasteiger charge is -2.10. The second kappa shape index (κ2) is 5.35. The van der Waals surface area contributed by atoms with E-state index in [1.165, 1.54) is 6.07 Å². The van der Waals surface area contributed by atoms with Crippen molar-refractivity contribution < 1.29 is 22.4 Å².